The molecule has 1 aliphatic heterocycles. The Morgan fingerprint density at radius 2 is 1.80 bits per heavy atom. The Kier molecular flexibility index (Phi) is 5.74. The predicted octanol–water partition coefficient (Wildman–Crippen LogP) is 4.34. The highest BCUT2D eigenvalue weighted by molar-refractivity contribution is 9.10. The van der Waals surface area contributed by atoms with Crippen LogP contribution in [0, 0.1) is 0 Å². The van der Waals surface area contributed by atoms with E-state index in [1.54, 1.807) is 0 Å². The van der Waals surface area contributed by atoms with Crippen LogP contribution in [0.3, 0.4) is 0 Å². The van der Waals surface area contributed by atoms with E-state index < -0.39 is 16.2 Å². The van der Waals surface area contributed by atoms with E-state index in [1.807, 2.05) is 60.7 Å². The lowest BCUT2D eigenvalue weighted by Gasteiger charge is -2.31. The van der Waals surface area contributed by atoms with E-state index >= 15 is 0 Å². The fourth-order valence-corrected chi connectivity index (χ4v) is 3.78. The Labute approximate surface area is 156 Å². The van der Waals surface area contributed by atoms with E-state index in [1.165, 1.54) is 0 Å². The maximum atomic E-state index is 11.5. The second-order valence-electron chi connectivity index (χ2n) is 6.02. The van der Waals surface area contributed by atoms with Gasteiger partial charge in [-0.05, 0) is 28.8 Å². The molecule has 1 heterocycles. The van der Waals surface area contributed by atoms with Gasteiger partial charge in [0.05, 0.1) is 12.9 Å². The van der Waals surface area contributed by atoms with Crippen LogP contribution < -0.4 is 0 Å². The minimum absolute atomic E-state index is 0.204. The fraction of sp³-hybridized carbons (Fsp3) is 0.263. The zero-order valence-corrected chi connectivity index (χ0v) is 16.2. The molecule has 0 N–H and O–H groups in total. The summed E-state index contributed by atoms with van der Waals surface area (Å²) in [5.74, 6) is 0. The molecule has 1 fully saturated rings. The average Bonchev–Trinajstić information content (AvgIpc) is 2.57. The quantitative estimate of drug-likeness (QED) is 0.687. The van der Waals surface area contributed by atoms with Crippen molar-refractivity contribution in [1.29, 1.82) is 0 Å². The van der Waals surface area contributed by atoms with Gasteiger partial charge < -0.3 is 4.74 Å². The molecule has 0 saturated carbocycles. The van der Waals surface area contributed by atoms with Gasteiger partial charge in [-0.2, -0.15) is 8.42 Å². The van der Waals surface area contributed by atoms with Crippen LogP contribution in [0.4, 0.5) is 0 Å². The van der Waals surface area contributed by atoms with Gasteiger partial charge in [-0.1, -0.05) is 64.5 Å². The first kappa shape index (κ1) is 18.3. The van der Waals surface area contributed by atoms with E-state index in [-0.39, 0.29) is 12.7 Å². The molecule has 0 unspecified atom stereocenters. The topological polar surface area (TPSA) is 52.6 Å². The molecule has 0 aliphatic carbocycles. The van der Waals surface area contributed by atoms with Gasteiger partial charge in [0, 0.05) is 10.9 Å². The molecule has 6 heteroatoms. The van der Waals surface area contributed by atoms with E-state index in [2.05, 4.69) is 15.9 Å². The summed E-state index contributed by atoms with van der Waals surface area (Å²) < 4.78 is 35.0. The number of hydrogen-bond donors (Lipinski definition) is 0. The molecule has 0 amide bonds. The summed E-state index contributed by atoms with van der Waals surface area (Å²) in [5, 5.41) is 0. The lowest BCUT2D eigenvalue weighted by Crippen LogP contribution is -2.31. The average molecular weight is 423 g/mol. The van der Waals surface area contributed by atoms with Crippen LogP contribution >= 0.6 is 15.9 Å². The molecule has 2 atom stereocenters. The summed E-state index contributed by atoms with van der Waals surface area (Å²) in [4.78, 5) is 0. The highest BCUT2D eigenvalue weighted by Gasteiger charge is 2.30. The summed E-state index contributed by atoms with van der Waals surface area (Å²) >= 11 is 3.43. The van der Waals surface area contributed by atoms with Crippen molar-refractivity contribution >= 4 is 32.1 Å². The number of rotatable bonds is 4. The third kappa shape index (κ3) is 5.25. The molecular formula is C19H19BrO4S. The summed E-state index contributed by atoms with van der Waals surface area (Å²) in [6.45, 7) is 0.240. The Hall–Kier alpha value is -1.47. The van der Waals surface area contributed by atoms with Gasteiger partial charge in [-0.3, -0.25) is 4.18 Å². The summed E-state index contributed by atoms with van der Waals surface area (Å²) in [6, 6.07) is 17.9. The van der Waals surface area contributed by atoms with Crippen LogP contribution in [0.15, 0.2) is 64.6 Å². The predicted molar refractivity (Wildman–Crippen MR) is 102 cm³/mol. The highest BCUT2D eigenvalue weighted by Crippen LogP contribution is 2.35. The van der Waals surface area contributed by atoms with Crippen LogP contribution in [-0.4, -0.2) is 27.4 Å². The van der Waals surface area contributed by atoms with Crippen molar-refractivity contribution in [3.05, 3.63) is 75.8 Å². The van der Waals surface area contributed by atoms with Crippen LogP contribution in [-0.2, 0) is 19.0 Å². The van der Waals surface area contributed by atoms with Crippen LogP contribution in [0.5, 0.6) is 0 Å². The third-order valence-electron chi connectivity index (χ3n) is 3.88. The lowest BCUT2D eigenvalue weighted by atomic mass is 9.92. The first-order valence-corrected chi connectivity index (χ1v) is 10.5. The molecule has 132 valence electrons. The second kappa shape index (κ2) is 7.83. The van der Waals surface area contributed by atoms with E-state index in [4.69, 9.17) is 8.92 Å². The summed E-state index contributed by atoms with van der Waals surface area (Å²) in [5.41, 5.74) is 3.07. The number of benzene rings is 2. The highest BCUT2D eigenvalue weighted by atomic mass is 79.9. The normalized spacial score (nSPS) is 22.9. The molecule has 0 bridgehead atoms. The molecule has 0 spiro atoms. The standard InChI is InChI=1S/C19H19BrO4S/c1-25(21,22)24-18-12-16(11-14-7-9-17(20)10-8-14)19(23-13-18)15-5-3-2-4-6-15/h2-11,18-19H,12-13H2,1H3/b16-11+/t18-,19+/m1/s1. The van der Waals surface area contributed by atoms with Gasteiger partial charge in [0.25, 0.3) is 10.1 Å². The molecular weight excluding hydrogens is 404 g/mol. The molecule has 0 aromatic heterocycles. The molecule has 2 aromatic carbocycles. The Balaban J connectivity index is 1.91. The zero-order valence-electron chi connectivity index (χ0n) is 13.8. The van der Waals surface area contributed by atoms with E-state index in [0.29, 0.717) is 6.42 Å². The SMILES string of the molecule is CS(=O)(=O)O[C@H]1CO[C@@H](c2ccccc2)/C(=C/c2ccc(Br)cc2)C1. The Morgan fingerprint density at radius 1 is 1.12 bits per heavy atom. The van der Waals surface area contributed by atoms with Crippen molar-refractivity contribution in [1.82, 2.24) is 0 Å². The maximum absolute atomic E-state index is 11.5. The number of hydrogen-bond acceptors (Lipinski definition) is 4. The molecule has 4 nitrogen and oxygen atoms in total. The maximum Gasteiger partial charge on any atom is 0.264 e. The Bertz CT molecular complexity index is 845. The molecule has 25 heavy (non-hydrogen) atoms. The number of halogens is 1. The molecule has 1 aliphatic rings. The fourth-order valence-electron chi connectivity index (χ4n) is 2.89. The van der Waals surface area contributed by atoms with Crippen molar-refractivity contribution in [2.24, 2.45) is 0 Å². The molecule has 3 rings (SSSR count). The van der Waals surface area contributed by atoms with Crippen molar-refractivity contribution in [3.8, 4) is 0 Å². The summed E-state index contributed by atoms with van der Waals surface area (Å²) in [6.07, 6.45) is 2.90. The lowest BCUT2D eigenvalue weighted by molar-refractivity contribution is -0.0116. The van der Waals surface area contributed by atoms with Crippen molar-refractivity contribution < 1.29 is 17.3 Å². The molecule has 1 saturated heterocycles. The van der Waals surface area contributed by atoms with Crippen molar-refractivity contribution in [2.75, 3.05) is 12.9 Å². The zero-order chi connectivity index (χ0) is 17.9. The largest absolute Gasteiger partial charge is 0.366 e. The monoisotopic (exact) mass is 422 g/mol. The van der Waals surface area contributed by atoms with E-state index in [0.717, 1.165) is 27.4 Å². The van der Waals surface area contributed by atoms with Crippen LogP contribution in [0.25, 0.3) is 6.08 Å². The smallest absolute Gasteiger partial charge is 0.264 e. The summed E-state index contributed by atoms with van der Waals surface area (Å²) in [7, 11) is -3.52. The van der Waals surface area contributed by atoms with Gasteiger partial charge in [0.15, 0.2) is 0 Å². The molecule has 2 aromatic rings. The van der Waals surface area contributed by atoms with Gasteiger partial charge in [0.1, 0.15) is 12.2 Å². The van der Waals surface area contributed by atoms with Gasteiger partial charge in [-0.25, -0.2) is 0 Å². The van der Waals surface area contributed by atoms with Gasteiger partial charge in [-0.15, -0.1) is 0 Å². The molecule has 0 radical (unpaired) electrons. The third-order valence-corrected chi connectivity index (χ3v) is 5.03. The number of ether oxygens (including phenoxy) is 1. The van der Waals surface area contributed by atoms with E-state index in [9.17, 15) is 8.42 Å². The van der Waals surface area contributed by atoms with Crippen molar-refractivity contribution in [3.63, 3.8) is 0 Å². The van der Waals surface area contributed by atoms with Crippen LogP contribution in [0.2, 0.25) is 0 Å². The van der Waals surface area contributed by atoms with Gasteiger partial charge >= 0.3 is 0 Å². The first-order chi connectivity index (χ1) is 11.9. The van der Waals surface area contributed by atoms with Gasteiger partial charge in [0.2, 0.25) is 0 Å². The first-order valence-electron chi connectivity index (χ1n) is 7.91. The van der Waals surface area contributed by atoms with Crippen LogP contribution in [0.1, 0.15) is 23.7 Å². The minimum atomic E-state index is -3.52. The van der Waals surface area contributed by atoms with Crippen molar-refractivity contribution in [2.45, 2.75) is 18.6 Å². The minimum Gasteiger partial charge on any atom is -0.366 e. The Morgan fingerprint density at radius 3 is 2.44 bits per heavy atom. The second-order valence-corrected chi connectivity index (χ2v) is 8.54.